The van der Waals surface area contributed by atoms with E-state index in [0.29, 0.717) is 6.54 Å². The summed E-state index contributed by atoms with van der Waals surface area (Å²) in [7, 11) is 0. The minimum atomic E-state index is -0.632. The molecule has 1 aliphatic rings. The van der Waals surface area contributed by atoms with Gasteiger partial charge in [0.2, 0.25) is 0 Å². The molecule has 1 aliphatic heterocycles. The van der Waals surface area contributed by atoms with Crippen molar-refractivity contribution in [3.8, 4) is 0 Å². The zero-order valence-corrected chi connectivity index (χ0v) is 16.5. The predicted octanol–water partition coefficient (Wildman–Crippen LogP) is 4.09. The minimum absolute atomic E-state index is 0.00879. The van der Waals surface area contributed by atoms with E-state index in [2.05, 4.69) is 23.7 Å². The van der Waals surface area contributed by atoms with E-state index < -0.39 is 17.8 Å². The lowest BCUT2D eigenvalue weighted by Gasteiger charge is -2.26. The number of imide groups is 2. The zero-order chi connectivity index (χ0) is 20.1. The maximum Gasteiger partial charge on any atom is 0.331 e. The highest BCUT2D eigenvalue weighted by Gasteiger charge is 2.35. The molecular formula is C22H27N3O3. The molecule has 2 aromatic rings. The van der Waals surface area contributed by atoms with Crippen LogP contribution in [0.1, 0.15) is 51.5 Å². The van der Waals surface area contributed by atoms with Gasteiger partial charge < -0.3 is 4.57 Å². The lowest BCUT2D eigenvalue weighted by atomic mass is 10.1. The van der Waals surface area contributed by atoms with E-state index in [1.165, 1.54) is 0 Å². The van der Waals surface area contributed by atoms with Crippen LogP contribution in [0.5, 0.6) is 0 Å². The van der Waals surface area contributed by atoms with Gasteiger partial charge in [-0.05, 0) is 25.0 Å². The second kappa shape index (κ2) is 8.87. The Balaban J connectivity index is 1.92. The van der Waals surface area contributed by atoms with Crippen LogP contribution in [0.2, 0.25) is 0 Å². The number of urea groups is 1. The van der Waals surface area contributed by atoms with Gasteiger partial charge in [-0.1, -0.05) is 51.3 Å². The number of aryl methyl sites for hydroxylation is 1. The van der Waals surface area contributed by atoms with Crippen LogP contribution in [0, 0.1) is 0 Å². The van der Waals surface area contributed by atoms with Crippen molar-refractivity contribution in [2.24, 2.45) is 0 Å². The normalized spacial score (nSPS) is 16.3. The number of carbonyl (C=O) groups excluding carboxylic acids is 3. The molecule has 0 atom stereocenters. The van der Waals surface area contributed by atoms with E-state index in [0.717, 1.165) is 60.0 Å². The quantitative estimate of drug-likeness (QED) is 0.425. The van der Waals surface area contributed by atoms with E-state index in [-0.39, 0.29) is 5.57 Å². The Labute approximate surface area is 165 Å². The number of unbranched alkanes of at least 4 members (excludes halogenated alkanes) is 3. The van der Waals surface area contributed by atoms with Crippen molar-refractivity contribution >= 4 is 34.8 Å². The highest BCUT2D eigenvalue weighted by Crippen LogP contribution is 2.25. The van der Waals surface area contributed by atoms with Crippen LogP contribution in [0.4, 0.5) is 4.79 Å². The molecule has 6 nitrogen and oxygen atoms in total. The molecule has 0 radical (unpaired) electrons. The summed E-state index contributed by atoms with van der Waals surface area (Å²) in [5.74, 6) is -1.15. The van der Waals surface area contributed by atoms with Gasteiger partial charge in [0.05, 0.1) is 0 Å². The van der Waals surface area contributed by atoms with Crippen LogP contribution in [0.3, 0.4) is 0 Å². The van der Waals surface area contributed by atoms with Crippen LogP contribution < -0.4 is 5.32 Å². The number of carbonyl (C=O) groups is 3. The van der Waals surface area contributed by atoms with Gasteiger partial charge in [-0.3, -0.25) is 19.8 Å². The molecule has 0 unspecified atom stereocenters. The number of nitrogens with one attached hydrogen (secondary N) is 1. The van der Waals surface area contributed by atoms with Gasteiger partial charge in [0.1, 0.15) is 5.57 Å². The summed E-state index contributed by atoms with van der Waals surface area (Å²) in [6, 6.07) is 7.29. The Morgan fingerprint density at radius 1 is 0.964 bits per heavy atom. The topological polar surface area (TPSA) is 71.4 Å². The van der Waals surface area contributed by atoms with E-state index in [1.54, 1.807) is 6.08 Å². The molecule has 1 aromatic carbocycles. The highest BCUT2D eigenvalue weighted by molar-refractivity contribution is 6.31. The fraction of sp³-hybridized carbons (Fsp3) is 0.409. The van der Waals surface area contributed by atoms with Gasteiger partial charge in [0, 0.05) is 35.8 Å². The lowest BCUT2D eigenvalue weighted by molar-refractivity contribution is -0.130. The average molecular weight is 381 g/mol. The van der Waals surface area contributed by atoms with Crippen molar-refractivity contribution in [1.29, 1.82) is 0 Å². The number of barbiturate groups is 1. The molecule has 1 fully saturated rings. The number of nitrogens with zero attached hydrogens (tertiary/aromatic N) is 2. The van der Waals surface area contributed by atoms with Crippen LogP contribution in [-0.4, -0.2) is 33.9 Å². The molecule has 1 aromatic heterocycles. The smallest absolute Gasteiger partial charge is 0.331 e. The number of hydrogen-bond acceptors (Lipinski definition) is 3. The number of benzene rings is 1. The summed E-state index contributed by atoms with van der Waals surface area (Å²) in [6.07, 6.45) is 8.37. The molecule has 4 amide bonds. The molecule has 28 heavy (non-hydrogen) atoms. The molecule has 0 spiro atoms. The first-order chi connectivity index (χ1) is 13.6. The molecule has 148 valence electrons. The number of fused-ring (bicyclic) bond motifs is 1. The molecule has 6 heteroatoms. The molecule has 1 saturated heterocycles. The summed E-state index contributed by atoms with van der Waals surface area (Å²) >= 11 is 0. The first-order valence-corrected chi connectivity index (χ1v) is 10.0. The van der Waals surface area contributed by atoms with Gasteiger partial charge in [-0.25, -0.2) is 4.79 Å². The second-order valence-corrected chi connectivity index (χ2v) is 7.13. The third kappa shape index (κ3) is 4.01. The van der Waals surface area contributed by atoms with Gasteiger partial charge in [0.25, 0.3) is 11.8 Å². The first-order valence-electron chi connectivity index (χ1n) is 10.0. The first kappa shape index (κ1) is 19.9. The average Bonchev–Trinajstić information content (AvgIpc) is 3.02. The Morgan fingerprint density at radius 3 is 2.50 bits per heavy atom. The van der Waals surface area contributed by atoms with E-state index in [1.807, 2.05) is 30.5 Å². The van der Waals surface area contributed by atoms with Crippen molar-refractivity contribution in [1.82, 2.24) is 14.8 Å². The Hall–Kier alpha value is -2.89. The molecular weight excluding hydrogens is 354 g/mol. The molecule has 3 rings (SSSR count). The van der Waals surface area contributed by atoms with Crippen LogP contribution in [-0.2, 0) is 16.1 Å². The summed E-state index contributed by atoms with van der Waals surface area (Å²) in [4.78, 5) is 38.5. The number of para-hydroxylation sites is 1. The Morgan fingerprint density at radius 2 is 1.75 bits per heavy atom. The molecule has 2 heterocycles. The standard InChI is InChI=1S/C22H27N3O3/c1-3-5-6-9-13-25-21(27)18(20(26)23-22(25)28)14-16-15-24(12-4-2)19-11-8-7-10-17(16)19/h7-8,10-11,14-15H,3-6,9,12-13H2,1-2H3,(H,23,26,28). The third-order valence-electron chi connectivity index (χ3n) is 5.00. The van der Waals surface area contributed by atoms with Crippen LogP contribution in [0.25, 0.3) is 17.0 Å². The van der Waals surface area contributed by atoms with Crippen molar-refractivity contribution in [2.75, 3.05) is 6.54 Å². The fourth-order valence-corrected chi connectivity index (χ4v) is 3.57. The SMILES string of the molecule is CCCCCCN1C(=O)NC(=O)C(=Cc2cn(CCC)c3ccccc23)C1=O. The molecule has 1 N–H and O–H groups in total. The molecule has 0 saturated carbocycles. The maximum atomic E-state index is 12.9. The largest absolute Gasteiger partial charge is 0.347 e. The predicted molar refractivity (Wildman–Crippen MR) is 110 cm³/mol. The lowest BCUT2D eigenvalue weighted by Crippen LogP contribution is -2.54. The van der Waals surface area contributed by atoms with Gasteiger partial charge >= 0.3 is 6.03 Å². The van der Waals surface area contributed by atoms with E-state index >= 15 is 0 Å². The third-order valence-corrected chi connectivity index (χ3v) is 5.00. The number of aromatic nitrogens is 1. The fourth-order valence-electron chi connectivity index (χ4n) is 3.57. The van der Waals surface area contributed by atoms with Crippen LogP contribution >= 0.6 is 0 Å². The Bertz CT molecular complexity index is 926. The van der Waals surface area contributed by atoms with Crippen molar-refractivity contribution in [3.05, 3.63) is 41.6 Å². The summed E-state index contributed by atoms with van der Waals surface area (Å²) in [5.41, 5.74) is 1.88. The summed E-state index contributed by atoms with van der Waals surface area (Å²) in [5, 5.41) is 3.29. The van der Waals surface area contributed by atoms with Gasteiger partial charge in [-0.15, -0.1) is 0 Å². The molecule has 0 aliphatic carbocycles. The minimum Gasteiger partial charge on any atom is -0.347 e. The van der Waals surface area contributed by atoms with Crippen molar-refractivity contribution < 1.29 is 14.4 Å². The number of rotatable bonds is 8. The molecule has 0 bridgehead atoms. The summed E-state index contributed by atoms with van der Waals surface area (Å²) in [6.45, 7) is 5.39. The van der Waals surface area contributed by atoms with Gasteiger partial charge in [-0.2, -0.15) is 0 Å². The van der Waals surface area contributed by atoms with Crippen molar-refractivity contribution in [2.45, 2.75) is 52.5 Å². The zero-order valence-electron chi connectivity index (χ0n) is 16.5. The van der Waals surface area contributed by atoms with E-state index in [9.17, 15) is 14.4 Å². The monoisotopic (exact) mass is 381 g/mol. The van der Waals surface area contributed by atoms with E-state index in [4.69, 9.17) is 0 Å². The second-order valence-electron chi connectivity index (χ2n) is 7.13. The van der Waals surface area contributed by atoms with Crippen LogP contribution in [0.15, 0.2) is 36.0 Å². The highest BCUT2D eigenvalue weighted by atomic mass is 16.2. The maximum absolute atomic E-state index is 12.9. The Kier molecular flexibility index (Phi) is 6.29. The van der Waals surface area contributed by atoms with Crippen molar-refractivity contribution in [3.63, 3.8) is 0 Å². The number of hydrogen-bond donors (Lipinski definition) is 1. The van der Waals surface area contributed by atoms with Gasteiger partial charge in [0.15, 0.2) is 0 Å². The summed E-state index contributed by atoms with van der Waals surface area (Å²) < 4.78 is 2.13. The number of amides is 4.